The van der Waals surface area contributed by atoms with Gasteiger partial charge in [-0.3, -0.25) is 4.79 Å². The van der Waals surface area contributed by atoms with Crippen molar-refractivity contribution in [2.45, 2.75) is 13.8 Å². The van der Waals surface area contributed by atoms with Crippen LogP contribution in [-0.2, 0) is 0 Å². The maximum Gasteiger partial charge on any atom is 0.232 e. The van der Waals surface area contributed by atoms with Crippen molar-refractivity contribution in [2.75, 3.05) is 0 Å². The van der Waals surface area contributed by atoms with Gasteiger partial charge in [0.1, 0.15) is 5.75 Å². The van der Waals surface area contributed by atoms with E-state index in [9.17, 15) is 4.79 Å². The predicted octanol–water partition coefficient (Wildman–Crippen LogP) is 4.57. The molecule has 0 N–H and O–H groups in total. The first-order valence-corrected chi connectivity index (χ1v) is 6.73. The van der Waals surface area contributed by atoms with E-state index in [1.807, 2.05) is 38.1 Å². The van der Waals surface area contributed by atoms with Crippen molar-refractivity contribution in [1.29, 1.82) is 0 Å². The Kier molecular flexibility index (Phi) is 3.11. The highest BCUT2D eigenvalue weighted by Gasteiger charge is 2.28. The molecule has 2 aromatic carbocycles. The summed E-state index contributed by atoms with van der Waals surface area (Å²) < 4.78 is 5.64. The number of ether oxygens (including phenoxy) is 1. The molecule has 0 fully saturated rings. The van der Waals surface area contributed by atoms with Gasteiger partial charge in [0, 0.05) is 5.02 Å². The summed E-state index contributed by atoms with van der Waals surface area (Å²) in [6.07, 6.45) is 1.75. The van der Waals surface area contributed by atoms with Gasteiger partial charge in [-0.25, -0.2) is 0 Å². The topological polar surface area (TPSA) is 26.3 Å². The van der Waals surface area contributed by atoms with E-state index in [1.165, 1.54) is 5.56 Å². The highest BCUT2D eigenvalue weighted by atomic mass is 35.5. The molecule has 0 spiro atoms. The zero-order valence-corrected chi connectivity index (χ0v) is 12.0. The van der Waals surface area contributed by atoms with Gasteiger partial charge in [-0.1, -0.05) is 41.4 Å². The van der Waals surface area contributed by atoms with Crippen LogP contribution in [0.25, 0.3) is 6.08 Å². The van der Waals surface area contributed by atoms with Crippen molar-refractivity contribution < 1.29 is 9.53 Å². The summed E-state index contributed by atoms with van der Waals surface area (Å²) in [7, 11) is 0. The fourth-order valence-corrected chi connectivity index (χ4v) is 2.29. The molecule has 3 heteroatoms. The SMILES string of the molecule is Cc1ccc(/C=C2\Oc3cc(C)c(Cl)cc3C2=O)cc1. The van der Waals surface area contributed by atoms with Crippen LogP contribution in [0, 0.1) is 13.8 Å². The number of carbonyl (C=O) groups excluding carboxylic acids is 1. The number of ketones is 1. The molecule has 2 nitrogen and oxygen atoms in total. The van der Waals surface area contributed by atoms with Crippen LogP contribution in [-0.4, -0.2) is 5.78 Å². The number of rotatable bonds is 1. The Hall–Kier alpha value is -2.06. The molecular weight excluding hydrogens is 272 g/mol. The standard InChI is InChI=1S/C17H13ClO2/c1-10-3-5-12(6-4-10)8-16-17(19)13-9-14(18)11(2)7-15(13)20-16/h3-9H,1-2H3/b16-8-. The average Bonchev–Trinajstić information content (AvgIpc) is 2.70. The second-order valence-electron chi connectivity index (χ2n) is 4.95. The molecule has 0 atom stereocenters. The minimum atomic E-state index is -0.123. The second kappa shape index (κ2) is 4.80. The van der Waals surface area contributed by atoms with Gasteiger partial charge >= 0.3 is 0 Å². The molecule has 20 heavy (non-hydrogen) atoms. The number of hydrogen-bond donors (Lipinski definition) is 0. The largest absolute Gasteiger partial charge is 0.452 e. The van der Waals surface area contributed by atoms with Crippen LogP contribution in [0.4, 0.5) is 0 Å². The number of aryl methyl sites for hydroxylation is 2. The quantitative estimate of drug-likeness (QED) is 0.717. The number of halogens is 1. The maximum absolute atomic E-state index is 12.3. The smallest absolute Gasteiger partial charge is 0.232 e. The molecule has 0 aliphatic carbocycles. The lowest BCUT2D eigenvalue weighted by Gasteiger charge is -2.01. The Morgan fingerprint density at radius 1 is 1.10 bits per heavy atom. The van der Waals surface area contributed by atoms with Crippen molar-refractivity contribution >= 4 is 23.5 Å². The van der Waals surface area contributed by atoms with Crippen LogP contribution in [0.15, 0.2) is 42.2 Å². The first-order chi connectivity index (χ1) is 9.54. The van der Waals surface area contributed by atoms with Crippen molar-refractivity contribution in [3.63, 3.8) is 0 Å². The number of allylic oxidation sites excluding steroid dienone is 1. The molecule has 0 unspecified atom stereocenters. The molecule has 2 aromatic rings. The lowest BCUT2D eigenvalue weighted by atomic mass is 10.1. The van der Waals surface area contributed by atoms with Gasteiger partial charge in [-0.2, -0.15) is 0 Å². The molecule has 0 saturated heterocycles. The summed E-state index contributed by atoms with van der Waals surface area (Å²) >= 11 is 6.06. The fourth-order valence-electron chi connectivity index (χ4n) is 2.12. The third kappa shape index (κ3) is 2.23. The Bertz CT molecular complexity index is 727. The first-order valence-electron chi connectivity index (χ1n) is 6.35. The lowest BCUT2D eigenvalue weighted by molar-refractivity contribution is 0.101. The van der Waals surface area contributed by atoms with Gasteiger partial charge < -0.3 is 4.74 Å². The van der Waals surface area contributed by atoms with Gasteiger partial charge in [-0.05, 0) is 43.2 Å². The van der Waals surface area contributed by atoms with Gasteiger partial charge in [-0.15, -0.1) is 0 Å². The Balaban J connectivity index is 1.99. The van der Waals surface area contributed by atoms with Crippen molar-refractivity contribution in [3.05, 3.63) is 69.4 Å². The van der Waals surface area contributed by atoms with Crippen molar-refractivity contribution in [1.82, 2.24) is 0 Å². The molecule has 1 aliphatic heterocycles. The molecule has 1 heterocycles. The highest BCUT2D eigenvalue weighted by molar-refractivity contribution is 6.32. The average molecular weight is 285 g/mol. The lowest BCUT2D eigenvalue weighted by Crippen LogP contribution is -1.98. The molecule has 3 rings (SSSR count). The summed E-state index contributed by atoms with van der Waals surface area (Å²) in [6.45, 7) is 3.91. The number of carbonyl (C=O) groups is 1. The zero-order valence-electron chi connectivity index (χ0n) is 11.2. The number of benzene rings is 2. The predicted molar refractivity (Wildman–Crippen MR) is 80.3 cm³/mol. The summed E-state index contributed by atoms with van der Waals surface area (Å²) in [5.41, 5.74) is 3.54. The van der Waals surface area contributed by atoms with E-state index in [1.54, 1.807) is 18.2 Å². The van der Waals surface area contributed by atoms with Crippen LogP contribution < -0.4 is 4.74 Å². The molecule has 0 bridgehead atoms. The Morgan fingerprint density at radius 2 is 1.80 bits per heavy atom. The normalized spacial score (nSPS) is 15.3. The van der Waals surface area contributed by atoms with Crippen LogP contribution in [0.1, 0.15) is 27.0 Å². The van der Waals surface area contributed by atoms with E-state index in [0.29, 0.717) is 22.1 Å². The summed E-state index contributed by atoms with van der Waals surface area (Å²) in [5.74, 6) is 0.795. The van der Waals surface area contributed by atoms with E-state index in [4.69, 9.17) is 16.3 Å². The molecule has 0 saturated carbocycles. The van der Waals surface area contributed by atoms with Crippen LogP contribution in [0.3, 0.4) is 0 Å². The molecule has 0 radical (unpaired) electrons. The van der Waals surface area contributed by atoms with Gasteiger partial charge in [0.15, 0.2) is 5.76 Å². The maximum atomic E-state index is 12.3. The summed E-state index contributed by atoms with van der Waals surface area (Å²) in [4.78, 5) is 12.3. The van der Waals surface area contributed by atoms with Crippen LogP contribution in [0.5, 0.6) is 5.75 Å². The minimum Gasteiger partial charge on any atom is -0.452 e. The fraction of sp³-hybridized carbons (Fsp3) is 0.118. The summed E-state index contributed by atoms with van der Waals surface area (Å²) in [5, 5.41) is 0.581. The Labute approximate surface area is 122 Å². The van der Waals surface area contributed by atoms with Crippen LogP contribution in [0.2, 0.25) is 5.02 Å². The molecule has 0 aromatic heterocycles. The van der Waals surface area contributed by atoms with Crippen LogP contribution >= 0.6 is 11.6 Å². The molecule has 0 amide bonds. The van der Waals surface area contributed by atoms with Crippen molar-refractivity contribution in [2.24, 2.45) is 0 Å². The van der Waals surface area contributed by atoms with E-state index in [2.05, 4.69) is 0 Å². The monoisotopic (exact) mass is 284 g/mol. The minimum absolute atomic E-state index is 0.123. The number of fused-ring (bicyclic) bond motifs is 1. The highest BCUT2D eigenvalue weighted by Crippen LogP contribution is 2.35. The first kappa shape index (κ1) is 12.9. The zero-order chi connectivity index (χ0) is 14.3. The third-order valence-corrected chi connectivity index (χ3v) is 3.73. The number of Topliss-reactive ketones (excluding diaryl/α,β-unsaturated/α-hetero) is 1. The van der Waals surface area contributed by atoms with Gasteiger partial charge in [0.25, 0.3) is 0 Å². The molecule has 100 valence electrons. The van der Waals surface area contributed by atoms with E-state index in [0.717, 1.165) is 11.1 Å². The van der Waals surface area contributed by atoms with Gasteiger partial charge in [0.2, 0.25) is 5.78 Å². The van der Waals surface area contributed by atoms with Crippen molar-refractivity contribution in [3.8, 4) is 5.75 Å². The van der Waals surface area contributed by atoms with E-state index >= 15 is 0 Å². The van der Waals surface area contributed by atoms with E-state index < -0.39 is 0 Å². The number of hydrogen-bond acceptors (Lipinski definition) is 2. The molecule has 1 aliphatic rings. The molecular formula is C17H13ClO2. The Morgan fingerprint density at radius 3 is 2.50 bits per heavy atom. The third-order valence-electron chi connectivity index (χ3n) is 3.32. The second-order valence-corrected chi connectivity index (χ2v) is 5.36. The summed E-state index contributed by atoms with van der Waals surface area (Å²) in [6, 6.07) is 11.4. The van der Waals surface area contributed by atoms with E-state index in [-0.39, 0.29) is 5.78 Å². The van der Waals surface area contributed by atoms with Gasteiger partial charge in [0.05, 0.1) is 5.56 Å².